The Morgan fingerprint density at radius 2 is 1.86 bits per heavy atom. The molecule has 7 nitrogen and oxygen atoms in total. The summed E-state index contributed by atoms with van der Waals surface area (Å²) in [6.45, 7) is 2.03. The lowest BCUT2D eigenvalue weighted by atomic mass is 10.2. The van der Waals surface area contributed by atoms with E-state index in [1.807, 2.05) is 18.2 Å². The molecule has 8 heteroatoms. The second-order valence-corrected chi connectivity index (χ2v) is 7.19. The fourth-order valence-electron chi connectivity index (χ4n) is 2.90. The summed E-state index contributed by atoms with van der Waals surface area (Å²) < 4.78 is 17.9. The number of hydrogen-bond donors (Lipinski definition) is 0. The zero-order valence-corrected chi connectivity index (χ0v) is 17.5. The Kier molecular flexibility index (Phi) is 6.33. The number of rotatable bonds is 6. The first-order valence-corrected chi connectivity index (χ1v) is 9.82. The fourth-order valence-corrected chi connectivity index (χ4v) is 3.99. The number of amides is 1. The van der Waals surface area contributed by atoms with Crippen LogP contribution in [0.5, 0.6) is 11.5 Å². The van der Waals surface area contributed by atoms with E-state index >= 15 is 0 Å². The van der Waals surface area contributed by atoms with Gasteiger partial charge in [0.2, 0.25) is 0 Å². The molecule has 0 fully saturated rings. The van der Waals surface area contributed by atoms with Crippen molar-refractivity contribution in [1.29, 1.82) is 0 Å². The van der Waals surface area contributed by atoms with Gasteiger partial charge in [-0.3, -0.25) is 9.59 Å². The number of ether oxygens (including phenoxy) is 3. The van der Waals surface area contributed by atoms with Crippen LogP contribution < -0.4 is 14.3 Å². The number of thiazole rings is 1. The first-order valence-electron chi connectivity index (χ1n) is 9.00. The van der Waals surface area contributed by atoms with E-state index in [2.05, 4.69) is 11.9 Å². The van der Waals surface area contributed by atoms with Crippen LogP contribution in [-0.4, -0.2) is 37.8 Å². The SMILES string of the molecule is CCc1ccc2c(c1)sc(=NC(=O)c1cc(OC)ccc1OC)n2CC(=O)OC. The molecular weight excluding hydrogens is 392 g/mol. The minimum absolute atomic E-state index is 0.0384. The van der Waals surface area contributed by atoms with Crippen molar-refractivity contribution in [2.75, 3.05) is 21.3 Å². The van der Waals surface area contributed by atoms with E-state index < -0.39 is 11.9 Å². The number of fused-ring (bicyclic) bond motifs is 1. The number of methoxy groups -OCH3 is 3. The fraction of sp³-hybridized carbons (Fsp3) is 0.286. The van der Waals surface area contributed by atoms with Crippen molar-refractivity contribution in [3.8, 4) is 11.5 Å². The van der Waals surface area contributed by atoms with Gasteiger partial charge in [-0.25, -0.2) is 0 Å². The average Bonchev–Trinajstić information content (AvgIpc) is 3.08. The maximum atomic E-state index is 12.9. The van der Waals surface area contributed by atoms with Gasteiger partial charge in [-0.15, -0.1) is 0 Å². The number of aromatic nitrogens is 1. The van der Waals surface area contributed by atoms with Crippen molar-refractivity contribution in [2.24, 2.45) is 4.99 Å². The highest BCUT2D eigenvalue weighted by Gasteiger charge is 2.16. The Balaban J connectivity index is 2.17. The van der Waals surface area contributed by atoms with Gasteiger partial charge in [0.05, 0.1) is 37.1 Å². The van der Waals surface area contributed by atoms with Crippen LogP contribution in [0.3, 0.4) is 0 Å². The third-order valence-corrected chi connectivity index (χ3v) is 5.55. The summed E-state index contributed by atoms with van der Waals surface area (Å²) in [6, 6.07) is 10.9. The monoisotopic (exact) mass is 414 g/mol. The van der Waals surface area contributed by atoms with Gasteiger partial charge in [0, 0.05) is 0 Å². The molecule has 0 unspecified atom stereocenters. The average molecular weight is 414 g/mol. The normalized spacial score (nSPS) is 11.5. The third kappa shape index (κ3) is 4.32. The minimum Gasteiger partial charge on any atom is -0.497 e. The molecule has 0 N–H and O–H groups in total. The highest BCUT2D eigenvalue weighted by molar-refractivity contribution is 7.16. The molecule has 3 aromatic rings. The molecule has 152 valence electrons. The summed E-state index contributed by atoms with van der Waals surface area (Å²) in [5.41, 5.74) is 2.27. The second-order valence-electron chi connectivity index (χ2n) is 6.19. The molecule has 0 aliphatic carbocycles. The van der Waals surface area contributed by atoms with Gasteiger partial charge in [0.25, 0.3) is 5.91 Å². The zero-order chi connectivity index (χ0) is 21.0. The summed E-state index contributed by atoms with van der Waals surface area (Å²) in [4.78, 5) is 29.6. The molecule has 0 aliphatic rings. The highest BCUT2D eigenvalue weighted by atomic mass is 32.1. The second kappa shape index (κ2) is 8.91. The topological polar surface area (TPSA) is 79.1 Å². The Bertz CT molecular complexity index is 1130. The smallest absolute Gasteiger partial charge is 0.325 e. The van der Waals surface area contributed by atoms with Crippen molar-refractivity contribution in [3.05, 3.63) is 52.3 Å². The van der Waals surface area contributed by atoms with E-state index in [-0.39, 0.29) is 12.1 Å². The van der Waals surface area contributed by atoms with Crippen LogP contribution in [0.4, 0.5) is 0 Å². The standard InChI is InChI=1S/C21H22N2O5S/c1-5-13-6-8-16-18(10-13)29-21(23(16)12-19(24)28-4)22-20(25)15-11-14(26-2)7-9-17(15)27-3/h6-11H,5,12H2,1-4H3. The maximum Gasteiger partial charge on any atom is 0.325 e. The molecule has 2 aromatic carbocycles. The lowest BCUT2D eigenvalue weighted by Gasteiger charge is -2.07. The number of esters is 1. The van der Waals surface area contributed by atoms with E-state index in [1.165, 1.54) is 32.7 Å². The molecule has 0 saturated heterocycles. The predicted molar refractivity (Wildman–Crippen MR) is 111 cm³/mol. The van der Waals surface area contributed by atoms with Crippen LogP contribution in [0.15, 0.2) is 41.4 Å². The number of nitrogens with zero attached hydrogens (tertiary/aromatic N) is 2. The summed E-state index contributed by atoms with van der Waals surface area (Å²) in [5.74, 6) is 0.0166. The molecule has 1 aromatic heterocycles. The van der Waals surface area contributed by atoms with Crippen LogP contribution in [-0.2, 0) is 22.5 Å². The van der Waals surface area contributed by atoms with Crippen LogP contribution in [0, 0.1) is 0 Å². The van der Waals surface area contributed by atoms with Crippen molar-refractivity contribution in [1.82, 2.24) is 4.57 Å². The highest BCUT2D eigenvalue weighted by Crippen LogP contribution is 2.25. The van der Waals surface area contributed by atoms with Crippen LogP contribution in [0.2, 0.25) is 0 Å². The van der Waals surface area contributed by atoms with Crippen LogP contribution in [0.25, 0.3) is 10.2 Å². The number of hydrogen-bond acceptors (Lipinski definition) is 6. The molecule has 0 saturated carbocycles. The van der Waals surface area contributed by atoms with Crippen LogP contribution in [0.1, 0.15) is 22.8 Å². The van der Waals surface area contributed by atoms with Gasteiger partial charge >= 0.3 is 5.97 Å². The van der Waals surface area contributed by atoms with E-state index in [0.29, 0.717) is 16.3 Å². The number of carbonyl (C=O) groups is 2. The molecule has 3 rings (SSSR count). The van der Waals surface area contributed by atoms with Gasteiger partial charge in [-0.1, -0.05) is 24.3 Å². The van der Waals surface area contributed by atoms with Crippen molar-refractivity contribution >= 4 is 33.4 Å². The van der Waals surface area contributed by atoms with E-state index in [9.17, 15) is 9.59 Å². The molecule has 0 bridgehead atoms. The van der Waals surface area contributed by atoms with E-state index in [0.717, 1.165) is 22.2 Å². The van der Waals surface area contributed by atoms with Crippen LogP contribution >= 0.6 is 11.3 Å². The molecule has 0 spiro atoms. The molecular formula is C21H22N2O5S. The summed E-state index contributed by atoms with van der Waals surface area (Å²) >= 11 is 1.35. The zero-order valence-electron chi connectivity index (χ0n) is 16.7. The number of aryl methyl sites for hydroxylation is 1. The number of benzene rings is 2. The van der Waals surface area contributed by atoms with Crippen molar-refractivity contribution in [2.45, 2.75) is 19.9 Å². The van der Waals surface area contributed by atoms with Crippen molar-refractivity contribution < 1.29 is 23.8 Å². The van der Waals surface area contributed by atoms with Crippen molar-refractivity contribution in [3.63, 3.8) is 0 Å². The largest absolute Gasteiger partial charge is 0.497 e. The summed E-state index contributed by atoms with van der Waals surface area (Å²) in [7, 11) is 4.34. The lowest BCUT2D eigenvalue weighted by Crippen LogP contribution is -2.22. The van der Waals surface area contributed by atoms with Gasteiger partial charge in [-0.05, 0) is 42.3 Å². The van der Waals surface area contributed by atoms with Gasteiger partial charge in [0.1, 0.15) is 18.0 Å². The first kappa shape index (κ1) is 20.6. The van der Waals surface area contributed by atoms with Gasteiger partial charge in [0.15, 0.2) is 4.80 Å². The third-order valence-electron chi connectivity index (χ3n) is 4.50. The van der Waals surface area contributed by atoms with Gasteiger partial charge < -0.3 is 18.8 Å². The quantitative estimate of drug-likeness (QED) is 0.579. The van der Waals surface area contributed by atoms with E-state index in [1.54, 1.807) is 22.8 Å². The molecule has 1 heterocycles. The Labute approximate surface area is 172 Å². The predicted octanol–water partition coefficient (Wildman–Crippen LogP) is 3.20. The maximum absolute atomic E-state index is 12.9. The van der Waals surface area contributed by atoms with Gasteiger partial charge in [-0.2, -0.15) is 4.99 Å². The minimum atomic E-state index is -0.485. The Morgan fingerprint density at radius 3 is 2.52 bits per heavy atom. The first-order chi connectivity index (χ1) is 14.0. The Morgan fingerprint density at radius 1 is 1.07 bits per heavy atom. The lowest BCUT2D eigenvalue weighted by molar-refractivity contribution is -0.141. The molecule has 0 aliphatic heterocycles. The summed E-state index contributed by atoms with van der Waals surface area (Å²) in [5, 5.41) is 0. The number of carbonyl (C=O) groups excluding carboxylic acids is 2. The molecule has 0 atom stereocenters. The molecule has 1 amide bonds. The molecule has 29 heavy (non-hydrogen) atoms. The summed E-state index contributed by atoms with van der Waals surface area (Å²) in [6.07, 6.45) is 0.886. The Hall–Kier alpha value is -3.13. The van der Waals surface area contributed by atoms with E-state index in [4.69, 9.17) is 14.2 Å². The molecule has 0 radical (unpaired) electrons.